The Morgan fingerprint density at radius 3 is 1.39 bits per heavy atom. The average molecular weight is 588 g/mol. The van der Waals surface area contributed by atoms with Crippen LogP contribution >= 0.6 is 13.5 Å². The zero-order valence-electron chi connectivity index (χ0n) is 18.9. The fourth-order valence-electron chi connectivity index (χ4n) is 1.86. The number of benzene rings is 1. The van der Waals surface area contributed by atoms with Crippen LogP contribution in [0.3, 0.4) is 0 Å². The predicted octanol–water partition coefficient (Wildman–Crippen LogP) is 2.89. The van der Waals surface area contributed by atoms with Gasteiger partial charge in [-0.05, 0) is 23.1 Å². The lowest BCUT2D eigenvalue weighted by molar-refractivity contribution is -0.382. The third-order valence-electron chi connectivity index (χ3n) is 4.30. The number of hydrogen-bond acceptors (Lipinski definition) is 7. The molecule has 5 N–H and O–H groups in total. The topological polar surface area (TPSA) is 130 Å². The van der Waals surface area contributed by atoms with Crippen LogP contribution in [-0.4, -0.2) is 72.4 Å². The molecule has 214 valence electrons. The molecule has 0 aliphatic rings. The molecular formula is C18H26F9NO6S2. The first-order valence-corrected chi connectivity index (χ1v) is 10.6. The van der Waals surface area contributed by atoms with E-state index in [0.717, 1.165) is 12.1 Å². The highest BCUT2D eigenvalue weighted by Gasteiger charge is 2.86. The molecule has 0 unspecified atom stereocenters. The van der Waals surface area contributed by atoms with Crippen molar-refractivity contribution in [2.24, 2.45) is 5.73 Å². The molecule has 1 rings (SSSR count). The first-order valence-electron chi connectivity index (χ1n) is 9.23. The van der Waals surface area contributed by atoms with Crippen molar-refractivity contribution in [2.45, 2.75) is 55.0 Å². The highest BCUT2D eigenvalue weighted by atomic mass is 32.2. The van der Waals surface area contributed by atoms with Crippen LogP contribution in [0.4, 0.5) is 39.5 Å². The minimum absolute atomic E-state index is 0. The maximum absolute atomic E-state index is 13.5. The summed E-state index contributed by atoms with van der Waals surface area (Å²) in [4.78, 5) is 0. The third-order valence-corrected chi connectivity index (χ3v) is 5.60. The van der Waals surface area contributed by atoms with Crippen LogP contribution in [-0.2, 0) is 15.5 Å². The van der Waals surface area contributed by atoms with Crippen LogP contribution in [0, 0.1) is 0 Å². The Morgan fingerprint density at radius 1 is 0.778 bits per heavy atom. The summed E-state index contributed by atoms with van der Waals surface area (Å²) in [5.74, 6) is -15.6. The second-order valence-electron chi connectivity index (χ2n) is 8.31. The molecule has 0 amide bonds. The molecule has 0 saturated heterocycles. The summed E-state index contributed by atoms with van der Waals surface area (Å²) in [6.07, 6.45) is -7.14. The van der Waals surface area contributed by atoms with Crippen molar-refractivity contribution in [3.63, 3.8) is 0 Å². The number of alkyl halides is 9. The third kappa shape index (κ3) is 7.77. The van der Waals surface area contributed by atoms with Gasteiger partial charge >= 0.3 is 33.4 Å². The quantitative estimate of drug-likeness (QED) is 0.272. The molecule has 0 aliphatic carbocycles. The summed E-state index contributed by atoms with van der Waals surface area (Å²) in [5.41, 5.74) is 3.99. The second kappa shape index (κ2) is 11.9. The molecule has 0 saturated carbocycles. The zero-order chi connectivity index (χ0) is 28.3. The SMILES string of the molecule is CC(C)(C)c1ccc(OS(=O)(=O)C(F)(F)C(F)(F)C(F)(F)C(F)(F)F)cc1.NC(CO)(CO)CO.S. The van der Waals surface area contributed by atoms with Gasteiger partial charge in [-0.1, -0.05) is 32.9 Å². The van der Waals surface area contributed by atoms with E-state index in [9.17, 15) is 47.9 Å². The van der Waals surface area contributed by atoms with Crippen molar-refractivity contribution in [3.8, 4) is 5.75 Å². The van der Waals surface area contributed by atoms with Crippen LogP contribution in [0.5, 0.6) is 5.75 Å². The zero-order valence-corrected chi connectivity index (χ0v) is 20.7. The number of hydrogen-bond donors (Lipinski definition) is 4. The van der Waals surface area contributed by atoms with E-state index in [1.54, 1.807) is 20.8 Å². The molecule has 0 bridgehead atoms. The van der Waals surface area contributed by atoms with Gasteiger partial charge in [0.1, 0.15) is 5.75 Å². The van der Waals surface area contributed by atoms with E-state index in [0.29, 0.717) is 5.56 Å². The fraction of sp³-hybridized carbons (Fsp3) is 0.667. The van der Waals surface area contributed by atoms with E-state index in [2.05, 4.69) is 4.18 Å². The molecule has 18 heteroatoms. The van der Waals surface area contributed by atoms with E-state index in [-0.39, 0.29) is 13.5 Å². The lowest BCUT2D eigenvalue weighted by Crippen LogP contribution is -2.63. The Hall–Kier alpha value is -1.47. The molecule has 0 atom stereocenters. The van der Waals surface area contributed by atoms with Crippen LogP contribution in [0.15, 0.2) is 24.3 Å². The summed E-state index contributed by atoms with van der Waals surface area (Å²) in [6.45, 7) is 3.94. The molecule has 1 aromatic carbocycles. The van der Waals surface area contributed by atoms with Crippen LogP contribution < -0.4 is 9.92 Å². The van der Waals surface area contributed by atoms with Gasteiger partial charge in [0, 0.05) is 0 Å². The maximum atomic E-state index is 13.5. The largest absolute Gasteiger partial charge is 0.460 e. The van der Waals surface area contributed by atoms with Gasteiger partial charge in [-0.3, -0.25) is 0 Å². The monoisotopic (exact) mass is 587 g/mol. The molecule has 0 heterocycles. The lowest BCUT2D eigenvalue weighted by Gasteiger charge is -2.32. The number of aliphatic hydroxyl groups excluding tert-OH is 3. The number of aliphatic hydroxyl groups is 3. The Morgan fingerprint density at radius 2 is 1.14 bits per heavy atom. The van der Waals surface area contributed by atoms with Gasteiger partial charge in [-0.15, -0.1) is 0 Å². The second-order valence-corrected chi connectivity index (χ2v) is 9.90. The first kappa shape index (κ1) is 36.7. The minimum atomic E-state index is -7.34. The van der Waals surface area contributed by atoms with Crippen molar-refractivity contribution in [2.75, 3.05) is 19.8 Å². The molecule has 0 fully saturated rings. The van der Waals surface area contributed by atoms with Crippen LogP contribution in [0.1, 0.15) is 26.3 Å². The van der Waals surface area contributed by atoms with Gasteiger partial charge in [-0.25, -0.2) is 0 Å². The molecule has 7 nitrogen and oxygen atoms in total. The lowest BCUT2D eigenvalue weighted by atomic mass is 9.87. The van der Waals surface area contributed by atoms with Crippen molar-refractivity contribution in [3.05, 3.63) is 29.8 Å². The Kier molecular flexibility index (Phi) is 12.2. The number of nitrogens with two attached hydrogens (primary N) is 1. The smallest absolute Gasteiger partial charge is 0.394 e. The summed E-state index contributed by atoms with van der Waals surface area (Å²) >= 11 is 0. The van der Waals surface area contributed by atoms with Gasteiger partial charge in [0.15, 0.2) is 0 Å². The van der Waals surface area contributed by atoms with Crippen molar-refractivity contribution < 1.29 is 67.4 Å². The Balaban J connectivity index is 0. The summed E-state index contributed by atoms with van der Waals surface area (Å²) < 4.78 is 142. The molecular weight excluding hydrogens is 561 g/mol. The van der Waals surface area contributed by atoms with E-state index in [4.69, 9.17) is 21.1 Å². The van der Waals surface area contributed by atoms with Crippen molar-refractivity contribution in [1.29, 1.82) is 0 Å². The Bertz CT molecular complexity index is 922. The standard InChI is InChI=1S/C14H13F9O3S.C4H11NO3.H2S/c1-10(2,3)8-4-6-9(7-5-8)26-27(24,25)14(22,23)12(17,18)11(15,16)13(19,20)21;5-4(1-6,2-7)3-8;/h4-7H,1-3H3;6-8H,1-3,5H2;1H2. The summed E-state index contributed by atoms with van der Waals surface area (Å²) in [5, 5.41) is 18.1. The van der Waals surface area contributed by atoms with E-state index < -0.39 is 69.9 Å². The van der Waals surface area contributed by atoms with Gasteiger partial charge < -0.3 is 25.2 Å². The van der Waals surface area contributed by atoms with Gasteiger partial charge in [0.25, 0.3) is 0 Å². The van der Waals surface area contributed by atoms with E-state index in [1.807, 2.05) is 0 Å². The normalized spacial score (nSPS) is 13.9. The van der Waals surface area contributed by atoms with E-state index >= 15 is 0 Å². The molecule has 0 spiro atoms. The van der Waals surface area contributed by atoms with Gasteiger partial charge in [-0.2, -0.15) is 61.4 Å². The van der Waals surface area contributed by atoms with Gasteiger partial charge in [0.05, 0.1) is 25.4 Å². The molecule has 36 heavy (non-hydrogen) atoms. The van der Waals surface area contributed by atoms with Crippen LogP contribution in [0.25, 0.3) is 0 Å². The molecule has 0 radical (unpaired) electrons. The molecule has 0 aliphatic heterocycles. The highest BCUT2D eigenvalue weighted by molar-refractivity contribution is 7.88. The minimum Gasteiger partial charge on any atom is -0.394 e. The number of rotatable bonds is 8. The predicted molar refractivity (Wildman–Crippen MR) is 114 cm³/mol. The fourth-order valence-corrected chi connectivity index (χ4v) is 2.77. The highest BCUT2D eigenvalue weighted by Crippen LogP contribution is 2.54. The Labute approximate surface area is 207 Å². The van der Waals surface area contributed by atoms with Crippen molar-refractivity contribution >= 4 is 23.6 Å². The number of halogens is 9. The first-order chi connectivity index (χ1) is 15.4. The molecule has 1 aromatic rings. The van der Waals surface area contributed by atoms with Crippen molar-refractivity contribution in [1.82, 2.24) is 0 Å². The summed E-state index contributed by atoms with van der Waals surface area (Å²) in [7, 11) is -6.93. The summed E-state index contributed by atoms with van der Waals surface area (Å²) in [6, 6.07) is 3.86. The average Bonchev–Trinajstić information content (AvgIpc) is 2.71. The molecule has 0 aromatic heterocycles. The maximum Gasteiger partial charge on any atom is 0.460 e. The van der Waals surface area contributed by atoms with E-state index in [1.165, 1.54) is 12.1 Å². The van der Waals surface area contributed by atoms with Crippen LogP contribution in [0.2, 0.25) is 0 Å². The van der Waals surface area contributed by atoms with Gasteiger partial charge in [0.2, 0.25) is 0 Å².